The van der Waals surface area contributed by atoms with Gasteiger partial charge in [-0.3, -0.25) is 14.9 Å². The molecule has 40 heavy (non-hydrogen) atoms. The number of ketones is 1. The second-order valence-corrected chi connectivity index (χ2v) is 11.0. The van der Waals surface area contributed by atoms with Gasteiger partial charge in [0.15, 0.2) is 5.78 Å². The molecule has 0 fully saturated rings. The smallest absolute Gasteiger partial charge is 0.348 e. The number of aromatic amines is 1. The van der Waals surface area contributed by atoms with Crippen LogP contribution in [0.5, 0.6) is 5.75 Å². The van der Waals surface area contributed by atoms with Gasteiger partial charge in [-0.25, -0.2) is 19.3 Å². The number of carbonyl (C=O) groups excluding carboxylic acids is 1. The van der Waals surface area contributed by atoms with E-state index in [0.717, 1.165) is 17.8 Å². The van der Waals surface area contributed by atoms with Gasteiger partial charge in [0.1, 0.15) is 5.75 Å². The molecule has 0 aliphatic carbocycles. The maximum atomic E-state index is 13.1. The summed E-state index contributed by atoms with van der Waals surface area (Å²) in [5.41, 5.74) is -0.721. The van der Waals surface area contributed by atoms with Crippen molar-refractivity contribution < 1.29 is 24.4 Å². The minimum Gasteiger partial charge on any atom is -0.495 e. The van der Waals surface area contributed by atoms with Crippen molar-refractivity contribution in [1.82, 2.24) is 14.8 Å². The number of carboxylic acid groups (broad SMARTS) is 1. The first kappa shape index (κ1) is 28.6. The van der Waals surface area contributed by atoms with E-state index in [-0.39, 0.29) is 31.8 Å². The molecule has 0 aliphatic rings. The normalized spacial score (nSPS) is 11.3. The predicted molar refractivity (Wildman–Crippen MR) is 148 cm³/mol. The fraction of sp³-hybridized carbons (Fsp3) is 0.185. The maximum Gasteiger partial charge on any atom is 0.348 e. The highest BCUT2D eigenvalue weighted by atomic mass is 35.5. The van der Waals surface area contributed by atoms with Gasteiger partial charge in [0.25, 0.3) is 5.69 Å². The van der Waals surface area contributed by atoms with Crippen LogP contribution in [0.3, 0.4) is 0 Å². The number of hydrogen-bond acceptors (Lipinski definition) is 8. The van der Waals surface area contributed by atoms with E-state index in [1.54, 1.807) is 12.1 Å². The molecule has 4 aromatic rings. The number of nitro groups is 1. The first-order valence-corrected chi connectivity index (χ1v) is 12.9. The number of aromatic nitrogens is 3. The van der Waals surface area contributed by atoms with Gasteiger partial charge in [-0.05, 0) is 53.1 Å². The van der Waals surface area contributed by atoms with Crippen LogP contribution in [0.1, 0.15) is 52.6 Å². The van der Waals surface area contributed by atoms with E-state index in [2.05, 4.69) is 10.2 Å². The van der Waals surface area contributed by atoms with Gasteiger partial charge in [-0.1, -0.05) is 50.6 Å². The maximum absolute atomic E-state index is 13.1. The molecule has 0 radical (unpaired) electrons. The monoisotopic (exact) mass is 582 g/mol. The van der Waals surface area contributed by atoms with E-state index >= 15 is 0 Å². The predicted octanol–water partition coefficient (Wildman–Crippen LogP) is 5.51. The van der Waals surface area contributed by atoms with Crippen LogP contribution in [0.15, 0.2) is 69.4 Å². The van der Waals surface area contributed by atoms with Crippen molar-refractivity contribution in [1.29, 1.82) is 0 Å². The molecule has 206 valence electrons. The molecule has 0 bridgehead atoms. The summed E-state index contributed by atoms with van der Waals surface area (Å²) in [6.07, 6.45) is 0. The second-order valence-electron chi connectivity index (χ2n) is 9.62. The van der Waals surface area contributed by atoms with Crippen LogP contribution < -0.4 is 10.4 Å². The molecule has 0 saturated heterocycles. The quantitative estimate of drug-likeness (QED) is 0.155. The number of benzene rings is 3. The number of carbonyl (C=O) groups is 2. The van der Waals surface area contributed by atoms with E-state index in [9.17, 15) is 29.6 Å². The average molecular weight is 583 g/mol. The second kappa shape index (κ2) is 11.0. The number of aromatic carboxylic acids is 1. The molecular weight excluding hydrogens is 560 g/mol. The Morgan fingerprint density at radius 2 is 1.80 bits per heavy atom. The zero-order valence-electron chi connectivity index (χ0n) is 21.7. The number of nitrogens with one attached hydrogen (secondary N) is 1. The topological polar surface area (TPSA) is 157 Å². The van der Waals surface area contributed by atoms with Crippen molar-refractivity contribution in [3.63, 3.8) is 0 Å². The number of carboxylic acids is 1. The zero-order valence-corrected chi connectivity index (χ0v) is 23.3. The third-order valence-corrected chi connectivity index (χ3v) is 7.30. The molecule has 2 N–H and O–H groups in total. The lowest BCUT2D eigenvalue weighted by Gasteiger charge is -2.24. The molecule has 3 aromatic carbocycles. The molecule has 0 aliphatic heterocycles. The summed E-state index contributed by atoms with van der Waals surface area (Å²) in [5, 5.41) is 28.3. The summed E-state index contributed by atoms with van der Waals surface area (Å²) < 4.78 is 6.62. The van der Waals surface area contributed by atoms with Crippen LogP contribution >= 0.6 is 23.4 Å². The molecule has 0 spiro atoms. The summed E-state index contributed by atoms with van der Waals surface area (Å²) in [7, 11) is 1.48. The van der Waals surface area contributed by atoms with Crippen LogP contribution in [0.4, 0.5) is 5.69 Å². The molecule has 13 heteroatoms. The molecule has 0 amide bonds. The number of ether oxygens (including phenoxy) is 1. The number of halogens is 1. The van der Waals surface area contributed by atoms with Crippen LogP contribution in [0, 0.1) is 10.1 Å². The Labute approximate surface area is 236 Å². The van der Waals surface area contributed by atoms with Gasteiger partial charge >= 0.3 is 11.7 Å². The van der Waals surface area contributed by atoms with Crippen LogP contribution in [-0.4, -0.2) is 43.7 Å². The molecular formula is C27H23ClN4O7S. The van der Waals surface area contributed by atoms with Crippen molar-refractivity contribution in [2.45, 2.75) is 36.2 Å². The van der Waals surface area contributed by atoms with E-state index in [4.69, 9.17) is 16.3 Å². The van der Waals surface area contributed by atoms with Crippen molar-refractivity contribution in [2.24, 2.45) is 0 Å². The van der Waals surface area contributed by atoms with Crippen LogP contribution in [0.25, 0.3) is 5.69 Å². The van der Waals surface area contributed by atoms with Crippen molar-refractivity contribution >= 4 is 40.8 Å². The first-order chi connectivity index (χ1) is 18.8. The number of nitro benzene ring substituents is 1. The van der Waals surface area contributed by atoms with Gasteiger partial charge < -0.3 is 9.84 Å². The zero-order chi connectivity index (χ0) is 29.4. The summed E-state index contributed by atoms with van der Waals surface area (Å²) in [4.78, 5) is 49.0. The Balaban J connectivity index is 1.81. The fourth-order valence-electron chi connectivity index (χ4n) is 4.06. The summed E-state index contributed by atoms with van der Waals surface area (Å²) in [6, 6.07) is 12.7. The average Bonchev–Trinajstić information content (AvgIpc) is 3.26. The molecule has 1 aromatic heterocycles. The third-order valence-electron chi connectivity index (χ3n) is 5.98. The van der Waals surface area contributed by atoms with Crippen molar-refractivity contribution in [2.75, 3.05) is 7.11 Å². The third kappa shape index (κ3) is 5.49. The van der Waals surface area contributed by atoms with Gasteiger partial charge in [0.05, 0.1) is 33.2 Å². The molecule has 11 nitrogen and oxygen atoms in total. The van der Waals surface area contributed by atoms with Crippen molar-refractivity contribution in [3.05, 3.63) is 102 Å². The lowest BCUT2D eigenvalue weighted by Crippen LogP contribution is -2.22. The SMILES string of the molecule is COc1cc(C(C)(C)C)c(-n2c(Sc3ccc(C(=O)c4ccccc4C(=O)O)cc3[N+](=O)[O-])n[nH]c2=O)cc1Cl. The summed E-state index contributed by atoms with van der Waals surface area (Å²) in [5.74, 6) is -1.56. The number of rotatable bonds is 8. The van der Waals surface area contributed by atoms with Gasteiger partial charge in [-0.15, -0.1) is 5.10 Å². The molecule has 0 unspecified atom stereocenters. The summed E-state index contributed by atoms with van der Waals surface area (Å²) in [6.45, 7) is 5.83. The number of methoxy groups -OCH3 is 1. The Morgan fingerprint density at radius 1 is 1.12 bits per heavy atom. The lowest BCUT2D eigenvalue weighted by atomic mass is 9.85. The highest BCUT2D eigenvalue weighted by Gasteiger charge is 2.27. The standard InChI is InChI=1S/C27H23ClN4O7S/c1-27(2,3)17-12-21(39-4)18(28)13-19(17)31-25(36)29-30-26(31)40-22-10-9-14(11-20(22)32(37)38)23(33)15-7-5-6-8-16(15)24(34)35/h5-13H,1-4H3,(H,29,36)(H,34,35). The lowest BCUT2D eigenvalue weighted by molar-refractivity contribution is -0.387. The molecule has 4 rings (SSSR count). The van der Waals surface area contributed by atoms with Gasteiger partial charge in [0.2, 0.25) is 5.16 Å². The number of H-pyrrole nitrogens is 1. The van der Waals surface area contributed by atoms with Crippen molar-refractivity contribution in [3.8, 4) is 11.4 Å². The van der Waals surface area contributed by atoms with Gasteiger partial charge in [0, 0.05) is 17.2 Å². The molecule has 0 saturated carbocycles. The Morgan fingerprint density at radius 3 is 2.40 bits per heavy atom. The van der Waals surface area contributed by atoms with Gasteiger partial charge in [-0.2, -0.15) is 0 Å². The van der Waals surface area contributed by atoms with E-state index in [1.165, 1.54) is 48.1 Å². The number of nitrogens with zero attached hydrogens (tertiary/aromatic N) is 3. The number of hydrogen-bond donors (Lipinski definition) is 2. The minimum absolute atomic E-state index is 0.0684. The van der Waals surface area contributed by atoms with Crippen LogP contribution in [0.2, 0.25) is 5.02 Å². The Kier molecular flexibility index (Phi) is 7.85. The largest absolute Gasteiger partial charge is 0.495 e. The van der Waals surface area contributed by atoms with Crippen LogP contribution in [-0.2, 0) is 5.41 Å². The van der Waals surface area contributed by atoms with E-state index in [1.807, 2.05) is 20.8 Å². The Hall–Kier alpha value is -4.42. The van der Waals surface area contributed by atoms with E-state index < -0.39 is 33.5 Å². The first-order valence-electron chi connectivity index (χ1n) is 11.7. The highest BCUT2D eigenvalue weighted by molar-refractivity contribution is 7.99. The highest BCUT2D eigenvalue weighted by Crippen LogP contribution is 2.39. The Bertz CT molecular complexity index is 1720. The molecule has 1 heterocycles. The molecule has 0 atom stereocenters. The van der Waals surface area contributed by atoms with E-state index in [0.29, 0.717) is 17.0 Å². The fourth-order valence-corrected chi connectivity index (χ4v) is 5.23. The summed E-state index contributed by atoms with van der Waals surface area (Å²) >= 11 is 7.24. The minimum atomic E-state index is -1.30.